The Bertz CT molecular complexity index is 739. The SMILES string of the molecule is CC(C)Nc1c(C(=O)NCC(F)C(C)(C)O)cnn2cc(Br)cc12. The third-order valence-electron chi connectivity index (χ3n) is 3.49. The number of nitrogens with zero attached hydrogens (tertiary/aromatic N) is 2. The van der Waals surface area contributed by atoms with E-state index in [1.165, 1.54) is 20.0 Å². The summed E-state index contributed by atoms with van der Waals surface area (Å²) in [5.74, 6) is -0.447. The van der Waals surface area contributed by atoms with Crippen molar-refractivity contribution in [2.24, 2.45) is 0 Å². The molecule has 0 aliphatic rings. The Morgan fingerprint density at radius 3 is 2.75 bits per heavy atom. The van der Waals surface area contributed by atoms with Gasteiger partial charge in [-0.2, -0.15) is 5.10 Å². The van der Waals surface area contributed by atoms with Gasteiger partial charge in [-0.3, -0.25) is 4.79 Å². The van der Waals surface area contributed by atoms with Crippen LogP contribution in [0.1, 0.15) is 38.1 Å². The number of hydrogen-bond acceptors (Lipinski definition) is 4. The highest BCUT2D eigenvalue weighted by atomic mass is 79.9. The van der Waals surface area contributed by atoms with Gasteiger partial charge in [-0.25, -0.2) is 8.91 Å². The molecule has 3 N–H and O–H groups in total. The molecule has 2 aromatic rings. The summed E-state index contributed by atoms with van der Waals surface area (Å²) in [5.41, 5.74) is 0.176. The number of amides is 1. The van der Waals surface area contributed by atoms with E-state index >= 15 is 0 Å². The van der Waals surface area contributed by atoms with Gasteiger partial charge in [-0.1, -0.05) is 0 Å². The highest BCUT2D eigenvalue weighted by Gasteiger charge is 2.27. The fourth-order valence-electron chi connectivity index (χ4n) is 2.16. The van der Waals surface area contributed by atoms with Crippen LogP contribution in [-0.4, -0.2) is 45.0 Å². The number of anilines is 1. The number of fused-ring (bicyclic) bond motifs is 1. The number of carbonyl (C=O) groups excluding carboxylic acids is 1. The fraction of sp³-hybridized carbons (Fsp3) is 0.500. The van der Waals surface area contributed by atoms with Gasteiger partial charge >= 0.3 is 0 Å². The summed E-state index contributed by atoms with van der Waals surface area (Å²) in [6.07, 6.45) is 1.66. The molecule has 0 saturated heterocycles. The number of hydrogen-bond donors (Lipinski definition) is 3. The van der Waals surface area contributed by atoms with Crippen LogP contribution >= 0.6 is 15.9 Å². The van der Waals surface area contributed by atoms with Crippen LogP contribution in [0.5, 0.6) is 0 Å². The summed E-state index contributed by atoms with van der Waals surface area (Å²) < 4.78 is 16.3. The highest BCUT2D eigenvalue weighted by Crippen LogP contribution is 2.26. The monoisotopic (exact) mass is 400 g/mol. The molecule has 24 heavy (non-hydrogen) atoms. The van der Waals surface area contributed by atoms with Gasteiger partial charge < -0.3 is 15.7 Å². The van der Waals surface area contributed by atoms with Crippen LogP contribution in [0.4, 0.5) is 10.1 Å². The second-order valence-electron chi connectivity index (χ2n) is 6.55. The molecule has 0 fully saturated rings. The molecule has 0 aliphatic heterocycles. The molecular weight excluding hydrogens is 379 g/mol. The van der Waals surface area contributed by atoms with Crippen molar-refractivity contribution in [3.8, 4) is 0 Å². The average Bonchev–Trinajstić information content (AvgIpc) is 2.84. The Morgan fingerprint density at radius 2 is 2.17 bits per heavy atom. The number of halogens is 2. The van der Waals surface area contributed by atoms with Crippen molar-refractivity contribution in [2.75, 3.05) is 11.9 Å². The largest absolute Gasteiger partial charge is 0.387 e. The molecule has 0 bridgehead atoms. The molecule has 1 amide bonds. The summed E-state index contributed by atoms with van der Waals surface area (Å²) in [4.78, 5) is 12.5. The Labute approximate surface area is 148 Å². The topological polar surface area (TPSA) is 78.7 Å². The van der Waals surface area contributed by atoms with Crippen molar-refractivity contribution in [3.05, 3.63) is 28.5 Å². The van der Waals surface area contributed by atoms with Crippen LogP contribution in [-0.2, 0) is 0 Å². The molecule has 2 heterocycles. The van der Waals surface area contributed by atoms with Crippen LogP contribution in [0.15, 0.2) is 22.9 Å². The van der Waals surface area contributed by atoms with Gasteiger partial charge in [-0.15, -0.1) is 0 Å². The number of carbonyl (C=O) groups is 1. The first-order chi connectivity index (χ1) is 11.1. The first-order valence-corrected chi connectivity index (χ1v) is 8.47. The fourth-order valence-corrected chi connectivity index (χ4v) is 2.58. The number of aromatic nitrogens is 2. The zero-order valence-corrected chi connectivity index (χ0v) is 15.7. The summed E-state index contributed by atoms with van der Waals surface area (Å²) in [7, 11) is 0. The number of aliphatic hydroxyl groups is 1. The van der Waals surface area contributed by atoms with Crippen molar-refractivity contribution in [1.29, 1.82) is 0 Å². The van der Waals surface area contributed by atoms with Crippen LogP contribution < -0.4 is 10.6 Å². The molecule has 0 radical (unpaired) electrons. The first kappa shape index (κ1) is 18.7. The lowest BCUT2D eigenvalue weighted by Gasteiger charge is -2.23. The highest BCUT2D eigenvalue weighted by molar-refractivity contribution is 9.10. The molecule has 1 atom stereocenters. The van der Waals surface area contributed by atoms with Gasteiger partial charge in [0.2, 0.25) is 0 Å². The van der Waals surface area contributed by atoms with Crippen molar-refractivity contribution in [2.45, 2.75) is 45.5 Å². The third-order valence-corrected chi connectivity index (χ3v) is 3.92. The Hall–Kier alpha value is -1.67. The van der Waals surface area contributed by atoms with E-state index in [1.54, 1.807) is 10.7 Å². The third kappa shape index (κ3) is 4.24. The predicted molar refractivity (Wildman–Crippen MR) is 95.2 cm³/mol. The lowest BCUT2D eigenvalue weighted by molar-refractivity contribution is -0.00177. The summed E-state index contributed by atoms with van der Waals surface area (Å²) in [6, 6.07) is 1.95. The van der Waals surface area contributed by atoms with E-state index in [2.05, 4.69) is 31.7 Å². The smallest absolute Gasteiger partial charge is 0.255 e. The lowest BCUT2D eigenvalue weighted by Crippen LogP contribution is -2.42. The quantitative estimate of drug-likeness (QED) is 0.696. The first-order valence-electron chi connectivity index (χ1n) is 7.67. The van der Waals surface area contributed by atoms with Crippen molar-refractivity contribution in [3.63, 3.8) is 0 Å². The lowest BCUT2D eigenvalue weighted by atomic mass is 10.0. The van der Waals surface area contributed by atoms with Crippen LogP contribution in [0, 0.1) is 0 Å². The normalized spacial score (nSPS) is 13.3. The van der Waals surface area contributed by atoms with E-state index in [0.29, 0.717) is 11.3 Å². The van der Waals surface area contributed by atoms with E-state index in [9.17, 15) is 14.3 Å². The van der Waals surface area contributed by atoms with Crippen LogP contribution in [0.2, 0.25) is 0 Å². The van der Waals surface area contributed by atoms with Gasteiger partial charge in [0.25, 0.3) is 5.91 Å². The van der Waals surface area contributed by atoms with E-state index in [-0.39, 0.29) is 12.6 Å². The molecule has 0 aromatic carbocycles. The van der Waals surface area contributed by atoms with Gasteiger partial charge in [0, 0.05) is 16.7 Å². The van der Waals surface area contributed by atoms with Gasteiger partial charge in [-0.05, 0) is 49.7 Å². The minimum atomic E-state index is -1.57. The Kier molecular flexibility index (Phi) is 5.49. The molecular formula is C16H22BrFN4O2. The summed E-state index contributed by atoms with van der Waals surface area (Å²) in [6.45, 7) is 6.37. The van der Waals surface area contributed by atoms with E-state index < -0.39 is 17.7 Å². The Balaban J connectivity index is 2.31. The van der Waals surface area contributed by atoms with Gasteiger partial charge in [0.05, 0.1) is 35.1 Å². The predicted octanol–water partition coefficient (Wildman–Crippen LogP) is 2.76. The standard InChI is InChI=1S/C16H22BrFN4O2/c1-9(2)21-14-11(6-20-22-8-10(17)5-12(14)22)15(23)19-7-13(18)16(3,4)24/h5-6,8-9,13,21,24H,7H2,1-4H3,(H,19,23). The molecule has 132 valence electrons. The molecule has 0 aliphatic carbocycles. The van der Waals surface area contributed by atoms with E-state index in [0.717, 1.165) is 9.99 Å². The molecule has 0 spiro atoms. The Morgan fingerprint density at radius 1 is 1.50 bits per heavy atom. The molecule has 1 unspecified atom stereocenters. The molecule has 6 nitrogen and oxygen atoms in total. The minimum Gasteiger partial charge on any atom is -0.387 e. The second-order valence-corrected chi connectivity index (χ2v) is 7.47. The average molecular weight is 401 g/mol. The van der Waals surface area contributed by atoms with Crippen LogP contribution in [0.25, 0.3) is 5.52 Å². The molecule has 2 rings (SSSR count). The maximum Gasteiger partial charge on any atom is 0.255 e. The molecule has 8 heteroatoms. The number of rotatable bonds is 6. The van der Waals surface area contributed by atoms with Gasteiger partial charge in [0.1, 0.15) is 6.17 Å². The van der Waals surface area contributed by atoms with Crippen molar-refractivity contribution >= 4 is 33.0 Å². The zero-order chi connectivity index (χ0) is 18.1. The zero-order valence-electron chi connectivity index (χ0n) is 14.1. The molecule has 2 aromatic heterocycles. The minimum absolute atomic E-state index is 0.0988. The van der Waals surface area contributed by atoms with Crippen LogP contribution in [0.3, 0.4) is 0 Å². The van der Waals surface area contributed by atoms with Gasteiger partial charge in [0.15, 0.2) is 0 Å². The number of alkyl halides is 1. The summed E-state index contributed by atoms with van der Waals surface area (Å²) >= 11 is 3.39. The maximum absolute atomic E-state index is 13.8. The van der Waals surface area contributed by atoms with Crippen molar-refractivity contribution < 1.29 is 14.3 Å². The number of nitrogens with one attached hydrogen (secondary N) is 2. The summed E-state index contributed by atoms with van der Waals surface area (Å²) in [5, 5.41) is 19.6. The van der Waals surface area contributed by atoms with E-state index in [1.807, 2.05) is 19.9 Å². The maximum atomic E-state index is 13.8. The van der Waals surface area contributed by atoms with Crippen molar-refractivity contribution in [1.82, 2.24) is 14.9 Å². The second kappa shape index (κ2) is 7.06. The van der Waals surface area contributed by atoms with E-state index in [4.69, 9.17) is 0 Å². The molecule has 0 saturated carbocycles.